The second-order valence-corrected chi connectivity index (χ2v) is 3.96. The van der Waals surface area contributed by atoms with Gasteiger partial charge in [0.25, 0.3) is 0 Å². The monoisotopic (exact) mass is 269 g/mol. The maximum absolute atomic E-state index is 13.5. The van der Waals surface area contributed by atoms with Crippen molar-refractivity contribution in [1.29, 1.82) is 5.26 Å². The zero-order chi connectivity index (χ0) is 10.8. The Labute approximate surface area is 95.8 Å². The van der Waals surface area contributed by atoms with Gasteiger partial charge in [-0.1, -0.05) is 15.9 Å². The lowest BCUT2D eigenvalue weighted by Crippen LogP contribution is -2.13. The summed E-state index contributed by atoms with van der Waals surface area (Å²) in [6.45, 7) is 0.562. The van der Waals surface area contributed by atoms with Gasteiger partial charge in [-0.05, 0) is 30.0 Å². The number of rotatable bonds is 1. The topological polar surface area (TPSA) is 33.0 Å². The first-order valence-electron chi connectivity index (χ1n) is 4.71. The number of ether oxygens (including phenoxy) is 1. The molecule has 15 heavy (non-hydrogen) atoms. The molecule has 2 nitrogen and oxygen atoms in total. The first-order valence-corrected chi connectivity index (χ1v) is 5.83. The van der Waals surface area contributed by atoms with Crippen LogP contribution < -0.4 is 4.74 Å². The minimum absolute atomic E-state index is 0.0365. The molecule has 0 bridgehead atoms. The van der Waals surface area contributed by atoms with Gasteiger partial charge in [0.1, 0.15) is 23.2 Å². The van der Waals surface area contributed by atoms with Crippen LogP contribution in [0.15, 0.2) is 6.07 Å². The number of hydrogen-bond donors (Lipinski definition) is 0. The summed E-state index contributed by atoms with van der Waals surface area (Å²) in [7, 11) is 0. The van der Waals surface area contributed by atoms with E-state index >= 15 is 0 Å². The summed E-state index contributed by atoms with van der Waals surface area (Å²) in [6.07, 6.45) is 1.77. The summed E-state index contributed by atoms with van der Waals surface area (Å²) in [4.78, 5) is 0. The molecule has 0 N–H and O–H groups in total. The van der Waals surface area contributed by atoms with Crippen molar-refractivity contribution in [3.8, 4) is 11.8 Å². The standard InChI is InChI=1S/C11H9BrFNO/c12-5-7-4-10(13)9(6-14)11-8(7)2-1-3-15-11/h4H,1-3,5H2. The number of nitriles is 1. The van der Waals surface area contributed by atoms with E-state index in [0.29, 0.717) is 17.7 Å². The van der Waals surface area contributed by atoms with Crippen molar-refractivity contribution in [3.63, 3.8) is 0 Å². The summed E-state index contributed by atoms with van der Waals surface area (Å²) in [5, 5.41) is 9.44. The molecule has 0 atom stereocenters. The molecule has 0 fully saturated rings. The van der Waals surface area contributed by atoms with E-state index in [1.54, 1.807) is 0 Å². The smallest absolute Gasteiger partial charge is 0.145 e. The molecule has 1 heterocycles. The lowest BCUT2D eigenvalue weighted by atomic mass is 9.97. The number of halogens is 2. The summed E-state index contributed by atoms with van der Waals surface area (Å²) in [5.74, 6) is -0.0502. The fourth-order valence-electron chi connectivity index (χ4n) is 1.80. The van der Waals surface area contributed by atoms with E-state index in [2.05, 4.69) is 15.9 Å². The Hall–Kier alpha value is -1.08. The van der Waals surface area contributed by atoms with Gasteiger partial charge in [0.2, 0.25) is 0 Å². The van der Waals surface area contributed by atoms with Crippen LogP contribution in [-0.2, 0) is 11.8 Å². The Kier molecular flexibility index (Phi) is 2.92. The number of fused-ring (bicyclic) bond motifs is 1. The van der Waals surface area contributed by atoms with E-state index in [1.165, 1.54) is 6.07 Å². The summed E-state index contributed by atoms with van der Waals surface area (Å²) in [5.41, 5.74) is 1.88. The molecule has 1 aromatic carbocycles. The van der Waals surface area contributed by atoms with Crippen molar-refractivity contribution in [3.05, 3.63) is 28.6 Å². The van der Waals surface area contributed by atoms with Crippen molar-refractivity contribution >= 4 is 15.9 Å². The number of benzene rings is 1. The van der Waals surface area contributed by atoms with Crippen LogP contribution in [0.4, 0.5) is 4.39 Å². The predicted molar refractivity (Wildman–Crippen MR) is 57.6 cm³/mol. The van der Waals surface area contributed by atoms with Crippen molar-refractivity contribution < 1.29 is 9.13 Å². The Morgan fingerprint density at radius 3 is 3.07 bits per heavy atom. The Bertz CT molecular complexity index is 439. The van der Waals surface area contributed by atoms with Crippen LogP contribution in [0, 0.1) is 17.1 Å². The van der Waals surface area contributed by atoms with Crippen LogP contribution in [0.1, 0.15) is 23.1 Å². The maximum Gasteiger partial charge on any atom is 0.145 e. The number of nitrogens with zero attached hydrogens (tertiary/aromatic N) is 1. The quantitative estimate of drug-likeness (QED) is 0.735. The minimum atomic E-state index is -0.493. The van der Waals surface area contributed by atoms with Gasteiger partial charge in [0.15, 0.2) is 0 Å². The van der Waals surface area contributed by atoms with Gasteiger partial charge in [-0.15, -0.1) is 0 Å². The fraction of sp³-hybridized carbons (Fsp3) is 0.364. The highest BCUT2D eigenvalue weighted by atomic mass is 79.9. The zero-order valence-electron chi connectivity index (χ0n) is 8.02. The molecular formula is C11H9BrFNO. The molecule has 0 saturated carbocycles. The molecule has 0 radical (unpaired) electrons. The molecule has 78 valence electrons. The van der Waals surface area contributed by atoms with E-state index in [-0.39, 0.29) is 5.56 Å². The van der Waals surface area contributed by atoms with E-state index in [0.717, 1.165) is 24.0 Å². The molecule has 1 aliphatic rings. The third-order valence-corrected chi connectivity index (χ3v) is 3.11. The third-order valence-electron chi connectivity index (χ3n) is 2.50. The van der Waals surface area contributed by atoms with Crippen LogP contribution in [0.2, 0.25) is 0 Å². The van der Waals surface area contributed by atoms with Crippen LogP contribution in [-0.4, -0.2) is 6.61 Å². The van der Waals surface area contributed by atoms with Crippen LogP contribution >= 0.6 is 15.9 Å². The summed E-state index contributed by atoms with van der Waals surface area (Å²) < 4.78 is 18.9. The average molecular weight is 270 g/mol. The molecule has 0 spiro atoms. The van der Waals surface area contributed by atoms with E-state index in [4.69, 9.17) is 10.00 Å². The van der Waals surface area contributed by atoms with Gasteiger partial charge in [0.05, 0.1) is 6.61 Å². The molecule has 0 saturated heterocycles. The summed E-state index contributed by atoms with van der Waals surface area (Å²) >= 11 is 3.31. The average Bonchev–Trinajstić information content (AvgIpc) is 2.28. The van der Waals surface area contributed by atoms with Gasteiger partial charge in [0, 0.05) is 5.33 Å². The molecule has 4 heteroatoms. The predicted octanol–water partition coefficient (Wildman–Crippen LogP) is 2.92. The number of hydrogen-bond acceptors (Lipinski definition) is 2. The lowest BCUT2D eigenvalue weighted by Gasteiger charge is -2.21. The summed E-state index contributed by atoms with van der Waals surface area (Å²) in [6, 6.07) is 3.28. The van der Waals surface area contributed by atoms with Gasteiger partial charge in [-0.25, -0.2) is 4.39 Å². The highest BCUT2D eigenvalue weighted by Gasteiger charge is 2.21. The third kappa shape index (κ3) is 1.72. The number of alkyl halides is 1. The van der Waals surface area contributed by atoms with Crippen LogP contribution in [0.5, 0.6) is 5.75 Å². The van der Waals surface area contributed by atoms with Crippen molar-refractivity contribution in [1.82, 2.24) is 0 Å². The Morgan fingerprint density at radius 2 is 2.40 bits per heavy atom. The first kappa shape index (κ1) is 10.4. The second-order valence-electron chi connectivity index (χ2n) is 3.40. The van der Waals surface area contributed by atoms with E-state index < -0.39 is 5.82 Å². The second kappa shape index (κ2) is 4.19. The van der Waals surface area contributed by atoms with Crippen molar-refractivity contribution in [2.45, 2.75) is 18.2 Å². The van der Waals surface area contributed by atoms with Crippen molar-refractivity contribution in [2.75, 3.05) is 6.61 Å². The largest absolute Gasteiger partial charge is 0.492 e. The van der Waals surface area contributed by atoms with Crippen molar-refractivity contribution in [2.24, 2.45) is 0 Å². The Balaban J connectivity index is 2.66. The Morgan fingerprint density at radius 1 is 1.60 bits per heavy atom. The molecular weight excluding hydrogens is 261 g/mol. The highest BCUT2D eigenvalue weighted by Crippen LogP contribution is 2.34. The fourth-order valence-corrected chi connectivity index (χ4v) is 2.30. The van der Waals surface area contributed by atoms with Gasteiger partial charge >= 0.3 is 0 Å². The van der Waals surface area contributed by atoms with Crippen LogP contribution in [0.25, 0.3) is 0 Å². The molecule has 0 unspecified atom stereocenters. The SMILES string of the molecule is N#Cc1c(F)cc(CBr)c2c1OCCC2. The normalized spacial score (nSPS) is 13.9. The molecule has 1 aromatic rings. The highest BCUT2D eigenvalue weighted by molar-refractivity contribution is 9.08. The van der Waals surface area contributed by atoms with Crippen LogP contribution in [0.3, 0.4) is 0 Å². The minimum Gasteiger partial charge on any atom is -0.492 e. The molecule has 0 amide bonds. The molecule has 1 aliphatic heterocycles. The first-order chi connectivity index (χ1) is 7.27. The lowest BCUT2D eigenvalue weighted by molar-refractivity contribution is 0.285. The zero-order valence-corrected chi connectivity index (χ0v) is 9.60. The maximum atomic E-state index is 13.5. The van der Waals surface area contributed by atoms with Gasteiger partial charge in [-0.2, -0.15) is 5.26 Å². The molecule has 0 aromatic heterocycles. The van der Waals surface area contributed by atoms with Gasteiger partial charge < -0.3 is 4.74 Å². The van der Waals surface area contributed by atoms with Gasteiger partial charge in [-0.3, -0.25) is 0 Å². The van der Waals surface area contributed by atoms with E-state index in [9.17, 15) is 4.39 Å². The molecule has 2 rings (SSSR count). The van der Waals surface area contributed by atoms with E-state index in [1.807, 2.05) is 6.07 Å². The molecule has 0 aliphatic carbocycles.